The van der Waals surface area contributed by atoms with Gasteiger partial charge in [-0.25, -0.2) is 0 Å². The molecule has 3 heterocycles. The molecule has 0 spiro atoms. The number of carbonyl (C=O) groups is 2. The summed E-state index contributed by atoms with van der Waals surface area (Å²) in [5.41, 5.74) is 4.80. The third-order valence-electron chi connectivity index (χ3n) is 6.32. The first kappa shape index (κ1) is 19.5. The summed E-state index contributed by atoms with van der Waals surface area (Å²) in [6, 6.07) is 18.1. The van der Waals surface area contributed by atoms with Gasteiger partial charge < -0.3 is 9.80 Å². The van der Waals surface area contributed by atoms with E-state index in [1.807, 2.05) is 46.2 Å². The third kappa shape index (κ3) is 3.42. The molecular weight excluding hydrogens is 388 g/mol. The molecule has 0 saturated carbocycles. The van der Waals surface area contributed by atoms with Gasteiger partial charge in [-0.3, -0.25) is 14.3 Å². The van der Waals surface area contributed by atoms with Crippen LogP contribution in [0.5, 0.6) is 0 Å². The zero-order valence-corrected chi connectivity index (χ0v) is 17.9. The van der Waals surface area contributed by atoms with E-state index in [-0.39, 0.29) is 23.9 Å². The van der Waals surface area contributed by atoms with Gasteiger partial charge in [0.15, 0.2) is 5.69 Å². The molecule has 6 heteroatoms. The van der Waals surface area contributed by atoms with Crippen molar-refractivity contribution in [3.63, 3.8) is 0 Å². The molecule has 2 unspecified atom stereocenters. The Morgan fingerprint density at radius 1 is 0.871 bits per heavy atom. The summed E-state index contributed by atoms with van der Waals surface area (Å²) in [6.45, 7) is 4.59. The Labute approximate surface area is 182 Å². The highest BCUT2D eigenvalue weighted by Gasteiger charge is 2.33. The van der Waals surface area contributed by atoms with Crippen molar-refractivity contribution in [3.05, 3.63) is 77.6 Å². The first-order chi connectivity index (χ1) is 15.0. The zero-order valence-electron chi connectivity index (χ0n) is 17.9. The molecule has 5 rings (SSSR count). The highest BCUT2D eigenvalue weighted by molar-refractivity contribution is 6.06. The van der Waals surface area contributed by atoms with Crippen molar-refractivity contribution >= 4 is 23.2 Å². The second-order valence-electron chi connectivity index (χ2n) is 8.52. The number of anilines is 2. The quantitative estimate of drug-likeness (QED) is 0.652. The number of aromatic nitrogens is 2. The fraction of sp³-hybridized carbons (Fsp3) is 0.320. The van der Waals surface area contributed by atoms with Crippen LogP contribution in [0.2, 0.25) is 0 Å². The van der Waals surface area contributed by atoms with E-state index >= 15 is 0 Å². The van der Waals surface area contributed by atoms with Crippen LogP contribution in [0, 0.1) is 0 Å². The van der Waals surface area contributed by atoms with E-state index in [4.69, 9.17) is 0 Å². The number of amides is 2. The third-order valence-corrected chi connectivity index (χ3v) is 6.32. The van der Waals surface area contributed by atoms with Crippen LogP contribution in [0.15, 0.2) is 60.8 Å². The molecule has 0 fully saturated rings. The standard InChI is InChI=1S/C25H26N4O2/c1-17-15-19-7-3-5-9-22(19)28(17)24(30)12-14-27-13-11-21(26-27)25(31)29-18(2)16-20-8-4-6-10-23(20)29/h3-11,13,17-18H,12,14-16H2,1-2H3. The first-order valence-corrected chi connectivity index (χ1v) is 10.9. The van der Waals surface area contributed by atoms with Gasteiger partial charge in [0.1, 0.15) is 0 Å². The number of fused-ring (bicyclic) bond motifs is 2. The minimum absolute atomic E-state index is 0.0860. The molecule has 2 aliphatic rings. The summed E-state index contributed by atoms with van der Waals surface area (Å²) < 4.78 is 1.70. The van der Waals surface area contributed by atoms with Crippen molar-refractivity contribution < 1.29 is 9.59 Å². The molecule has 6 nitrogen and oxygen atoms in total. The second kappa shape index (κ2) is 7.69. The Balaban J connectivity index is 1.27. The highest BCUT2D eigenvalue weighted by Crippen LogP contribution is 2.33. The SMILES string of the molecule is CC1Cc2ccccc2N1C(=O)CCn1ccc(C(=O)N2c3ccccc3CC2C)n1. The van der Waals surface area contributed by atoms with Crippen molar-refractivity contribution in [2.75, 3.05) is 9.80 Å². The maximum atomic E-state index is 13.1. The Morgan fingerprint density at radius 3 is 2.13 bits per heavy atom. The van der Waals surface area contributed by atoms with Crippen LogP contribution in [0.4, 0.5) is 11.4 Å². The molecule has 31 heavy (non-hydrogen) atoms. The van der Waals surface area contributed by atoms with Gasteiger partial charge in [-0.1, -0.05) is 36.4 Å². The highest BCUT2D eigenvalue weighted by atomic mass is 16.2. The predicted molar refractivity (Wildman–Crippen MR) is 120 cm³/mol. The van der Waals surface area contributed by atoms with Crippen LogP contribution < -0.4 is 9.80 Å². The second-order valence-corrected chi connectivity index (χ2v) is 8.52. The van der Waals surface area contributed by atoms with Crippen LogP contribution in [0.25, 0.3) is 0 Å². The lowest BCUT2D eigenvalue weighted by molar-refractivity contribution is -0.119. The molecule has 2 amide bonds. The van der Waals surface area contributed by atoms with Crippen LogP contribution in [-0.4, -0.2) is 33.7 Å². The van der Waals surface area contributed by atoms with Gasteiger partial charge in [0.05, 0.1) is 0 Å². The number of hydrogen-bond acceptors (Lipinski definition) is 3. The van der Waals surface area contributed by atoms with Crippen molar-refractivity contribution in [1.82, 2.24) is 9.78 Å². The molecule has 0 aliphatic carbocycles. The van der Waals surface area contributed by atoms with E-state index in [0.29, 0.717) is 18.7 Å². The Bertz CT molecular complexity index is 1150. The normalized spacial score (nSPS) is 19.4. The van der Waals surface area contributed by atoms with Gasteiger partial charge in [-0.05, 0) is 56.0 Å². The molecule has 158 valence electrons. The smallest absolute Gasteiger partial charge is 0.279 e. The van der Waals surface area contributed by atoms with Gasteiger partial charge in [0.25, 0.3) is 5.91 Å². The molecular formula is C25H26N4O2. The molecule has 0 bridgehead atoms. The fourth-order valence-electron chi connectivity index (χ4n) is 4.87. The van der Waals surface area contributed by atoms with Crippen molar-refractivity contribution in [3.8, 4) is 0 Å². The predicted octanol–water partition coefficient (Wildman–Crippen LogP) is 3.84. The van der Waals surface area contributed by atoms with Gasteiger partial charge in [0, 0.05) is 42.6 Å². The number of hydrogen-bond donors (Lipinski definition) is 0. The monoisotopic (exact) mass is 414 g/mol. The molecule has 2 atom stereocenters. The maximum absolute atomic E-state index is 13.1. The van der Waals surface area contributed by atoms with Crippen molar-refractivity contribution in [1.29, 1.82) is 0 Å². The lowest BCUT2D eigenvalue weighted by Crippen LogP contribution is -2.36. The largest absolute Gasteiger partial charge is 0.309 e. The average molecular weight is 415 g/mol. The van der Waals surface area contributed by atoms with Crippen molar-refractivity contribution in [2.45, 2.75) is 51.7 Å². The Hall–Kier alpha value is -3.41. The summed E-state index contributed by atoms with van der Waals surface area (Å²) in [4.78, 5) is 29.8. The van der Waals surface area contributed by atoms with Gasteiger partial charge in [0.2, 0.25) is 5.91 Å². The molecule has 0 radical (unpaired) electrons. The summed E-state index contributed by atoms with van der Waals surface area (Å²) >= 11 is 0. The van der Waals surface area contributed by atoms with Gasteiger partial charge in [-0.2, -0.15) is 5.10 Å². The number of nitrogens with zero attached hydrogens (tertiary/aromatic N) is 4. The number of benzene rings is 2. The van der Waals surface area contributed by atoms with E-state index in [2.05, 4.69) is 31.1 Å². The lowest BCUT2D eigenvalue weighted by atomic mass is 10.1. The summed E-state index contributed by atoms with van der Waals surface area (Å²) in [5, 5.41) is 4.48. The number of rotatable bonds is 4. The summed E-state index contributed by atoms with van der Waals surface area (Å²) in [7, 11) is 0. The maximum Gasteiger partial charge on any atom is 0.279 e. The Kier molecular flexibility index (Phi) is 4.85. The van der Waals surface area contributed by atoms with E-state index in [1.165, 1.54) is 11.1 Å². The fourth-order valence-corrected chi connectivity index (χ4v) is 4.87. The van der Waals surface area contributed by atoms with E-state index in [1.54, 1.807) is 16.9 Å². The average Bonchev–Trinajstić information content (AvgIpc) is 3.45. The number of para-hydroxylation sites is 2. The Morgan fingerprint density at radius 2 is 1.45 bits per heavy atom. The van der Waals surface area contributed by atoms with Crippen LogP contribution in [0.3, 0.4) is 0 Å². The molecule has 2 aliphatic heterocycles. The van der Waals surface area contributed by atoms with Gasteiger partial charge >= 0.3 is 0 Å². The van der Waals surface area contributed by atoms with Crippen LogP contribution in [-0.2, 0) is 24.2 Å². The minimum Gasteiger partial charge on any atom is -0.309 e. The van der Waals surface area contributed by atoms with Crippen LogP contribution in [0.1, 0.15) is 41.9 Å². The topological polar surface area (TPSA) is 58.4 Å². The molecule has 0 N–H and O–H groups in total. The van der Waals surface area contributed by atoms with E-state index in [0.717, 1.165) is 24.2 Å². The van der Waals surface area contributed by atoms with E-state index in [9.17, 15) is 9.59 Å². The number of carbonyl (C=O) groups excluding carboxylic acids is 2. The van der Waals surface area contributed by atoms with Crippen LogP contribution >= 0.6 is 0 Å². The molecule has 3 aromatic rings. The number of aryl methyl sites for hydroxylation is 1. The molecule has 0 saturated heterocycles. The van der Waals surface area contributed by atoms with E-state index < -0.39 is 0 Å². The summed E-state index contributed by atoms with van der Waals surface area (Å²) in [5.74, 6) is -0.00691. The summed E-state index contributed by atoms with van der Waals surface area (Å²) in [6.07, 6.45) is 3.87. The zero-order chi connectivity index (χ0) is 21.5. The van der Waals surface area contributed by atoms with Gasteiger partial charge in [-0.15, -0.1) is 0 Å². The van der Waals surface area contributed by atoms with Crippen molar-refractivity contribution in [2.24, 2.45) is 0 Å². The minimum atomic E-state index is -0.0929. The lowest BCUT2D eigenvalue weighted by Gasteiger charge is -2.23. The molecule has 1 aromatic heterocycles. The first-order valence-electron chi connectivity index (χ1n) is 10.9. The molecule has 2 aromatic carbocycles.